The number of nitrogens with zero attached hydrogens (tertiary/aromatic N) is 2. The van der Waals surface area contributed by atoms with Gasteiger partial charge in [0.05, 0.1) is 19.8 Å². The molecule has 158 valence electrons. The number of nitrogens with one attached hydrogen (secondary N) is 2. The first kappa shape index (κ1) is 22.4. The van der Waals surface area contributed by atoms with E-state index in [4.69, 9.17) is 14.5 Å². The van der Waals surface area contributed by atoms with Crippen LogP contribution in [0.15, 0.2) is 4.99 Å². The van der Waals surface area contributed by atoms with Crippen molar-refractivity contribution in [1.29, 1.82) is 0 Å². The average Bonchev–Trinajstić information content (AvgIpc) is 3.14. The van der Waals surface area contributed by atoms with Crippen LogP contribution >= 0.6 is 0 Å². The van der Waals surface area contributed by atoms with Crippen LogP contribution in [-0.2, 0) is 9.47 Å². The van der Waals surface area contributed by atoms with E-state index in [1.165, 1.54) is 25.7 Å². The summed E-state index contributed by atoms with van der Waals surface area (Å²) in [6, 6.07) is 0. The second-order valence-corrected chi connectivity index (χ2v) is 8.61. The summed E-state index contributed by atoms with van der Waals surface area (Å²) in [7, 11) is 0. The van der Waals surface area contributed by atoms with Crippen LogP contribution in [0.4, 0.5) is 0 Å². The number of hydrogen-bond donors (Lipinski definition) is 2. The molecule has 2 fully saturated rings. The third kappa shape index (κ3) is 7.24. The molecule has 0 bridgehead atoms. The van der Waals surface area contributed by atoms with Crippen LogP contribution in [0.2, 0.25) is 0 Å². The van der Waals surface area contributed by atoms with Gasteiger partial charge in [-0.05, 0) is 52.4 Å². The minimum absolute atomic E-state index is 0.0478. The zero-order valence-electron chi connectivity index (χ0n) is 18.1. The van der Waals surface area contributed by atoms with Crippen molar-refractivity contribution < 1.29 is 9.47 Å². The number of rotatable bonds is 10. The van der Waals surface area contributed by atoms with Gasteiger partial charge in [-0.2, -0.15) is 0 Å². The number of aliphatic imine (C=N–C) groups is 1. The van der Waals surface area contributed by atoms with Crippen LogP contribution in [-0.4, -0.2) is 75.5 Å². The van der Waals surface area contributed by atoms with Crippen LogP contribution in [0.5, 0.6) is 0 Å². The summed E-state index contributed by atoms with van der Waals surface area (Å²) in [5.41, 5.74) is 0.414. The third-order valence-corrected chi connectivity index (χ3v) is 6.11. The van der Waals surface area contributed by atoms with Gasteiger partial charge in [-0.25, -0.2) is 0 Å². The molecule has 0 unspecified atom stereocenters. The largest absolute Gasteiger partial charge is 0.382 e. The highest BCUT2D eigenvalue weighted by Crippen LogP contribution is 2.40. The number of ether oxygens (including phenoxy) is 2. The zero-order valence-corrected chi connectivity index (χ0v) is 18.1. The Morgan fingerprint density at radius 1 is 1.15 bits per heavy atom. The lowest BCUT2D eigenvalue weighted by Gasteiger charge is -2.40. The van der Waals surface area contributed by atoms with Gasteiger partial charge >= 0.3 is 0 Å². The Hall–Kier alpha value is -0.850. The zero-order chi connectivity index (χ0) is 19.6. The molecule has 1 saturated carbocycles. The van der Waals surface area contributed by atoms with E-state index in [2.05, 4.69) is 43.2 Å². The van der Waals surface area contributed by atoms with Crippen LogP contribution in [0.3, 0.4) is 0 Å². The second-order valence-electron chi connectivity index (χ2n) is 8.61. The van der Waals surface area contributed by atoms with E-state index in [0.717, 1.165) is 71.5 Å². The van der Waals surface area contributed by atoms with Gasteiger partial charge in [0.2, 0.25) is 0 Å². The maximum absolute atomic E-state index is 5.64. The summed E-state index contributed by atoms with van der Waals surface area (Å²) >= 11 is 0. The first-order valence-electron chi connectivity index (χ1n) is 10.9. The van der Waals surface area contributed by atoms with Gasteiger partial charge in [0.15, 0.2) is 5.96 Å². The molecule has 1 heterocycles. The molecule has 2 rings (SSSR count). The summed E-state index contributed by atoms with van der Waals surface area (Å²) in [5.74, 6) is 0.946. The van der Waals surface area contributed by atoms with Crippen LogP contribution in [0, 0.1) is 5.41 Å². The van der Waals surface area contributed by atoms with Crippen LogP contribution in [0.1, 0.15) is 59.8 Å². The molecule has 0 spiro atoms. The summed E-state index contributed by atoms with van der Waals surface area (Å²) < 4.78 is 11.1. The molecule has 1 aliphatic carbocycles. The second kappa shape index (κ2) is 11.2. The smallest absolute Gasteiger partial charge is 0.191 e. The highest BCUT2D eigenvalue weighted by Gasteiger charge is 2.34. The fraction of sp³-hybridized carbons (Fsp3) is 0.952. The lowest BCUT2D eigenvalue weighted by molar-refractivity contribution is -0.00684. The molecule has 0 atom stereocenters. The van der Waals surface area contributed by atoms with Gasteiger partial charge in [0.25, 0.3) is 0 Å². The van der Waals surface area contributed by atoms with Gasteiger partial charge in [-0.3, -0.25) is 9.89 Å². The molecule has 6 heteroatoms. The van der Waals surface area contributed by atoms with Crippen molar-refractivity contribution >= 4 is 5.96 Å². The van der Waals surface area contributed by atoms with Gasteiger partial charge in [0, 0.05) is 44.9 Å². The fourth-order valence-electron chi connectivity index (χ4n) is 4.23. The van der Waals surface area contributed by atoms with Crippen molar-refractivity contribution in [2.75, 3.05) is 59.2 Å². The maximum atomic E-state index is 5.64. The third-order valence-electron chi connectivity index (χ3n) is 6.11. The Labute approximate surface area is 166 Å². The van der Waals surface area contributed by atoms with Gasteiger partial charge in [-0.15, -0.1) is 0 Å². The Morgan fingerprint density at radius 2 is 1.85 bits per heavy atom. The molecule has 0 aromatic heterocycles. The van der Waals surface area contributed by atoms with Crippen molar-refractivity contribution in [3.8, 4) is 0 Å². The molecular formula is C21H42N4O2. The van der Waals surface area contributed by atoms with E-state index in [1.807, 2.05) is 0 Å². The summed E-state index contributed by atoms with van der Waals surface area (Å²) in [5, 5.41) is 7.08. The lowest BCUT2D eigenvalue weighted by Crippen LogP contribution is -2.52. The predicted molar refractivity (Wildman–Crippen MR) is 112 cm³/mol. The molecule has 2 aliphatic rings. The number of guanidine groups is 1. The summed E-state index contributed by atoms with van der Waals surface area (Å²) in [4.78, 5) is 7.42. The van der Waals surface area contributed by atoms with E-state index < -0.39 is 0 Å². The molecule has 2 N–H and O–H groups in total. The topological polar surface area (TPSA) is 58.1 Å². The summed E-state index contributed by atoms with van der Waals surface area (Å²) in [6.45, 7) is 16.8. The first-order valence-corrected chi connectivity index (χ1v) is 10.9. The number of hydrogen-bond acceptors (Lipinski definition) is 4. The minimum Gasteiger partial charge on any atom is -0.382 e. The molecule has 27 heavy (non-hydrogen) atoms. The van der Waals surface area contributed by atoms with E-state index in [9.17, 15) is 0 Å². The van der Waals surface area contributed by atoms with Gasteiger partial charge in [0.1, 0.15) is 0 Å². The highest BCUT2D eigenvalue weighted by atomic mass is 16.5. The molecule has 0 radical (unpaired) electrons. The number of morpholine rings is 1. The molecule has 6 nitrogen and oxygen atoms in total. The normalized spacial score (nSPS) is 21.4. The van der Waals surface area contributed by atoms with E-state index in [0.29, 0.717) is 5.41 Å². The van der Waals surface area contributed by atoms with Gasteiger partial charge < -0.3 is 20.1 Å². The monoisotopic (exact) mass is 382 g/mol. The van der Waals surface area contributed by atoms with E-state index in [1.54, 1.807) is 0 Å². The van der Waals surface area contributed by atoms with Crippen molar-refractivity contribution in [1.82, 2.24) is 15.5 Å². The minimum atomic E-state index is 0.0478. The Bertz CT molecular complexity index is 441. The molecule has 1 saturated heterocycles. The Kier molecular flexibility index (Phi) is 9.33. The van der Waals surface area contributed by atoms with E-state index >= 15 is 0 Å². The highest BCUT2D eigenvalue weighted by molar-refractivity contribution is 5.79. The quantitative estimate of drug-likeness (QED) is 0.346. The van der Waals surface area contributed by atoms with Crippen molar-refractivity contribution in [3.05, 3.63) is 0 Å². The molecule has 1 aliphatic heterocycles. The average molecular weight is 383 g/mol. The first-order chi connectivity index (χ1) is 13.0. The van der Waals surface area contributed by atoms with E-state index in [-0.39, 0.29) is 5.54 Å². The molecule has 0 aromatic carbocycles. The Balaban J connectivity index is 1.91. The molecule has 0 aromatic rings. The fourth-order valence-corrected chi connectivity index (χ4v) is 4.23. The van der Waals surface area contributed by atoms with Crippen molar-refractivity contribution in [3.63, 3.8) is 0 Å². The predicted octanol–water partition coefficient (Wildman–Crippen LogP) is 2.64. The molecular weight excluding hydrogens is 340 g/mol. The van der Waals surface area contributed by atoms with Crippen LogP contribution in [0.25, 0.3) is 0 Å². The van der Waals surface area contributed by atoms with Crippen molar-refractivity contribution in [2.45, 2.75) is 65.3 Å². The Morgan fingerprint density at radius 3 is 2.48 bits per heavy atom. The van der Waals surface area contributed by atoms with Gasteiger partial charge in [-0.1, -0.05) is 12.8 Å². The molecule has 0 amide bonds. The summed E-state index contributed by atoms with van der Waals surface area (Å²) in [6.07, 6.45) is 6.42. The maximum Gasteiger partial charge on any atom is 0.191 e. The van der Waals surface area contributed by atoms with Crippen LogP contribution < -0.4 is 10.6 Å². The lowest BCUT2D eigenvalue weighted by atomic mass is 9.83. The standard InChI is InChI=1S/C21H42N4O2/c1-5-22-19(23-17-20(3,4)25-12-15-27-16-13-25)24-18-21(9-7-8-10-21)11-14-26-6-2/h5-18H2,1-4H3,(H2,22,23,24). The SMILES string of the molecule is CCNC(=NCC(C)(C)N1CCOCC1)NCC1(CCOCC)CCCC1. The van der Waals surface area contributed by atoms with Crippen molar-refractivity contribution in [2.24, 2.45) is 10.4 Å².